The number of nitrogens with one attached hydrogen (secondary N) is 1. The molecule has 0 aliphatic rings. The molecule has 0 saturated carbocycles. The molecule has 0 saturated heterocycles. The summed E-state index contributed by atoms with van der Waals surface area (Å²) in [6, 6.07) is 7.67. The molecule has 2 nitrogen and oxygen atoms in total. The molecule has 0 bridgehead atoms. The van der Waals surface area contributed by atoms with Crippen molar-refractivity contribution in [2.45, 2.75) is 32.7 Å². The number of carbonyl (C=O) groups excluding carboxylic acids is 1. The predicted molar refractivity (Wildman–Crippen MR) is 66.0 cm³/mol. The Labute approximate surface area is 99.2 Å². The molecule has 1 rings (SSSR count). The molecule has 1 N–H and O–H groups in total. The summed E-state index contributed by atoms with van der Waals surface area (Å²) in [5.41, 5.74) is 0.713. The van der Waals surface area contributed by atoms with Gasteiger partial charge < -0.3 is 5.32 Å². The molecule has 0 radical (unpaired) electrons. The smallest absolute Gasteiger partial charge is 0.251 e. The second-order valence-corrected chi connectivity index (χ2v) is 4.41. The summed E-state index contributed by atoms with van der Waals surface area (Å²) in [5, 5.41) is 3.00. The molecule has 0 aromatic heterocycles. The number of halogens is 1. The number of carbonyl (C=O) groups is 1. The van der Waals surface area contributed by atoms with Gasteiger partial charge >= 0.3 is 0 Å². The Hall–Kier alpha value is -0.830. The molecule has 0 spiro atoms. The first-order chi connectivity index (χ1) is 7.17. The van der Waals surface area contributed by atoms with Gasteiger partial charge in [0.05, 0.1) is 0 Å². The average molecular weight is 270 g/mol. The van der Waals surface area contributed by atoms with Gasteiger partial charge in [0.1, 0.15) is 0 Å². The average Bonchev–Trinajstić information content (AvgIpc) is 2.26. The first-order valence-corrected chi connectivity index (χ1v) is 6.03. The molecule has 1 amide bonds. The fourth-order valence-corrected chi connectivity index (χ4v) is 1.63. The van der Waals surface area contributed by atoms with Crippen molar-refractivity contribution < 1.29 is 4.79 Å². The lowest BCUT2D eigenvalue weighted by Crippen LogP contribution is -2.33. The van der Waals surface area contributed by atoms with Crippen LogP contribution in [-0.2, 0) is 0 Å². The third kappa shape index (κ3) is 3.67. The van der Waals surface area contributed by atoms with Crippen LogP contribution in [0, 0.1) is 0 Å². The van der Waals surface area contributed by atoms with Gasteiger partial charge in [-0.2, -0.15) is 0 Å². The Morgan fingerprint density at radius 1 is 1.27 bits per heavy atom. The van der Waals surface area contributed by atoms with E-state index >= 15 is 0 Å². The number of hydrogen-bond donors (Lipinski definition) is 1. The van der Waals surface area contributed by atoms with E-state index in [-0.39, 0.29) is 11.9 Å². The zero-order valence-electron chi connectivity index (χ0n) is 9.09. The maximum Gasteiger partial charge on any atom is 0.251 e. The third-order valence-corrected chi connectivity index (χ3v) is 2.96. The molecular weight excluding hydrogens is 254 g/mol. The Morgan fingerprint density at radius 3 is 2.27 bits per heavy atom. The van der Waals surface area contributed by atoms with Crippen LogP contribution in [0.1, 0.15) is 37.0 Å². The van der Waals surface area contributed by atoms with E-state index in [1.807, 2.05) is 24.3 Å². The second kappa shape index (κ2) is 5.91. The van der Waals surface area contributed by atoms with Gasteiger partial charge in [-0.1, -0.05) is 29.8 Å². The van der Waals surface area contributed by atoms with E-state index in [0.29, 0.717) is 5.56 Å². The molecule has 0 heterocycles. The number of amides is 1. The van der Waals surface area contributed by atoms with E-state index in [0.717, 1.165) is 17.3 Å². The Kier molecular flexibility index (Phi) is 4.82. The molecule has 0 aliphatic heterocycles. The molecule has 15 heavy (non-hydrogen) atoms. The molecule has 3 heteroatoms. The van der Waals surface area contributed by atoms with Crippen molar-refractivity contribution in [3.8, 4) is 0 Å². The van der Waals surface area contributed by atoms with Crippen LogP contribution in [0.5, 0.6) is 0 Å². The van der Waals surface area contributed by atoms with E-state index in [9.17, 15) is 4.79 Å². The maximum absolute atomic E-state index is 11.8. The van der Waals surface area contributed by atoms with Crippen molar-refractivity contribution in [3.05, 3.63) is 34.3 Å². The minimum atomic E-state index is 0.0104. The molecule has 0 atom stereocenters. The Bertz CT molecular complexity index is 317. The standard InChI is InChI=1S/C12H16BrNO/c1-3-11(4-2)14-12(15)9-5-7-10(13)8-6-9/h5-8,11H,3-4H2,1-2H3,(H,14,15). The van der Waals surface area contributed by atoms with Crippen molar-refractivity contribution in [2.75, 3.05) is 0 Å². The Morgan fingerprint density at radius 2 is 1.80 bits per heavy atom. The van der Waals surface area contributed by atoms with Crippen LogP contribution in [0.4, 0.5) is 0 Å². The molecule has 0 fully saturated rings. The fraction of sp³-hybridized carbons (Fsp3) is 0.417. The monoisotopic (exact) mass is 269 g/mol. The highest BCUT2D eigenvalue weighted by Gasteiger charge is 2.09. The van der Waals surface area contributed by atoms with Gasteiger partial charge in [0.2, 0.25) is 0 Å². The lowest BCUT2D eigenvalue weighted by Gasteiger charge is -2.14. The van der Waals surface area contributed by atoms with Crippen molar-refractivity contribution >= 4 is 21.8 Å². The largest absolute Gasteiger partial charge is 0.349 e. The summed E-state index contributed by atoms with van der Waals surface area (Å²) in [6.45, 7) is 4.16. The number of hydrogen-bond acceptors (Lipinski definition) is 1. The summed E-state index contributed by atoms with van der Waals surface area (Å²) in [5.74, 6) is 0.0104. The summed E-state index contributed by atoms with van der Waals surface area (Å²) in [6.07, 6.45) is 1.94. The maximum atomic E-state index is 11.8. The normalized spacial score (nSPS) is 10.4. The first-order valence-electron chi connectivity index (χ1n) is 5.23. The molecule has 82 valence electrons. The first kappa shape index (κ1) is 12.2. The van der Waals surface area contributed by atoms with Crippen LogP contribution in [0.25, 0.3) is 0 Å². The van der Waals surface area contributed by atoms with Crippen LogP contribution < -0.4 is 5.32 Å². The van der Waals surface area contributed by atoms with Crippen molar-refractivity contribution in [2.24, 2.45) is 0 Å². The van der Waals surface area contributed by atoms with Crippen LogP contribution in [0.15, 0.2) is 28.7 Å². The molecule has 0 unspecified atom stereocenters. The van der Waals surface area contributed by atoms with Gasteiger partial charge in [-0.05, 0) is 37.1 Å². The van der Waals surface area contributed by atoms with E-state index in [2.05, 4.69) is 35.1 Å². The van der Waals surface area contributed by atoms with Crippen LogP contribution in [0.3, 0.4) is 0 Å². The van der Waals surface area contributed by atoms with E-state index in [4.69, 9.17) is 0 Å². The van der Waals surface area contributed by atoms with Gasteiger partial charge in [-0.3, -0.25) is 4.79 Å². The highest BCUT2D eigenvalue weighted by molar-refractivity contribution is 9.10. The fourth-order valence-electron chi connectivity index (χ4n) is 1.36. The zero-order valence-corrected chi connectivity index (χ0v) is 10.7. The molecule has 0 aliphatic carbocycles. The van der Waals surface area contributed by atoms with Crippen molar-refractivity contribution in [3.63, 3.8) is 0 Å². The van der Waals surface area contributed by atoms with Gasteiger partial charge in [0, 0.05) is 16.1 Å². The summed E-state index contributed by atoms with van der Waals surface area (Å²) >= 11 is 3.34. The number of benzene rings is 1. The second-order valence-electron chi connectivity index (χ2n) is 3.49. The van der Waals surface area contributed by atoms with Gasteiger partial charge in [0.15, 0.2) is 0 Å². The summed E-state index contributed by atoms with van der Waals surface area (Å²) < 4.78 is 0.988. The van der Waals surface area contributed by atoms with Gasteiger partial charge in [-0.15, -0.1) is 0 Å². The van der Waals surface area contributed by atoms with Gasteiger partial charge in [0.25, 0.3) is 5.91 Å². The highest BCUT2D eigenvalue weighted by Crippen LogP contribution is 2.10. The summed E-state index contributed by atoms with van der Waals surface area (Å²) in [7, 11) is 0. The molecule has 1 aromatic rings. The van der Waals surface area contributed by atoms with Crippen LogP contribution >= 0.6 is 15.9 Å². The lowest BCUT2D eigenvalue weighted by atomic mass is 10.1. The van der Waals surface area contributed by atoms with Crippen LogP contribution in [-0.4, -0.2) is 11.9 Å². The third-order valence-electron chi connectivity index (χ3n) is 2.43. The van der Waals surface area contributed by atoms with Crippen LogP contribution in [0.2, 0.25) is 0 Å². The molecule has 1 aromatic carbocycles. The van der Waals surface area contributed by atoms with E-state index < -0.39 is 0 Å². The number of rotatable bonds is 4. The van der Waals surface area contributed by atoms with Gasteiger partial charge in [-0.25, -0.2) is 0 Å². The highest BCUT2D eigenvalue weighted by atomic mass is 79.9. The zero-order chi connectivity index (χ0) is 11.3. The summed E-state index contributed by atoms with van der Waals surface area (Å²) in [4.78, 5) is 11.8. The Balaban J connectivity index is 2.64. The van der Waals surface area contributed by atoms with E-state index in [1.165, 1.54) is 0 Å². The molecular formula is C12H16BrNO. The van der Waals surface area contributed by atoms with Crippen molar-refractivity contribution in [1.82, 2.24) is 5.32 Å². The SMILES string of the molecule is CCC(CC)NC(=O)c1ccc(Br)cc1. The quantitative estimate of drug-likeness (QED) is 0.893. The van der Waals surface area contributed by atoms with Crippen molar-refractivity contribution in [1.29, 1.82) is 0 Å². The minimum absolute atomic E-state index is 0.0104. The minimum Gasteiger partial charge on any atom is -0.349 e. The lowest BCUT2D eigenvalue weighted by molar-refractivity contribution is 0.0935. The topological polar surface area (TPSA) is 29.1 Å². The van der Waals surface area contributed by atoms with E-state index in [1.54, 1.807) is 0 Å². The predicted octanol–water partition coefficient (Wildman–Crippen LogP) is 3.37.